The first-order valence-corrected chi connectivity index (χ1v) is 7.83. The van der Waals surface area contributed by atoms with Crippen molar-refractivity contribution < 1.29 is 4.39 Å². The molecule has 1 aromatic carbocycles. The van der Waals surface area contributed by atoms with Gasteiger partial charge in [-0.05, 0) is 41.5 Å². The van der Waals surface area contributed by atoms with Gasteiger partial charge in [0, 0.05) is 25.2 Å². The van der Waals surface area contributed by atoms with Gasteiger partial charge in [0.15, 0.2) is 0 Å². The molecule has 98 valence electrons. The second kappa shape index (κ2) is 5.23. The predicted molar refractivity (Wildman–Crippen MR) is 81.8 cm³/mol. The fraction of sp³-hybridized carbons (Fsp3) is 0.571. The van der Waals surface area contributed by atoms with Crippen LogP contribution in [0.4, 0.5) is 15.8 Å². The third kappa shape index (κ3) is 2.31. The Kier molecular flexibility index (Phi) is 3.63. The van der Waals surface area contributed by atoms with Crippen LogP contribution in [0.3, 0.4) is 0 Å². The molecule has 1 aromatic rings. The number of nitrogens with zero attached hydrogens (tertiary/aromatic N) is 1. The maximum atomic E-state index is 13.8. The van der Waals surface area contributed by atoms with E-state index in [2.05, 4.69) is 32.8 Å². The van der Waals surface area contributed by atoms with Crippen molar-refractivity contribution in [1.29, 1.82) is 0 Å². The molecule has 2 aliphatic heterocycles. The molecule has 3 rings (SSSR count). The molecule has 1 N–H and O–H groups in total. The first-order chi connectivity index (χ1) is 8.75. The third-order valence-electron chi connectivity index (χ3n) is 4.00. The van der Waals surface area contributed by atoms with E-state index in [0.717, 1.165) is 24.5 Å². The second-order valence-electron chi connectivity index (χ2n) is 5.21. The highest BCUT2D eigenvalue weighted by Gasteiger charge is 2.27. The minimum Gasteiger partial charge on any atom is -0.381 e. The van der Waals surface area contributed by atoms with Crippen molar-refractivity contribution in [2.75, 3.05) is 23.3 Å². The van der Waals surface area contributed by atoms with Crippen LogP contribution in [0.5, 0.6) is 0 Å². The van der Waals surface area contributed by atoms with E-state index in [0.29, 0.717) is 9.61 Å². The summed E-state index contributed by atoms with van der Waals surface area (Å²) in [7, 11) is 0. The molecule has 1 unspecified atom stereocenters. The average molecular weight is 360 g/mol. The molecule has 0 amide bonds. The zero-order valence-electron chi connectivity index (χ0n) is 10.4. The van der Waals surface area contributed by atoms with Crippen LogP contribution in [-0.4, -0.2) is 19.1 Å². The van der Waals surface area contributed by atoms with Crippen molar-refractivity contribution in [1.82, 2.24) is 0 Å². The predicted octanol–water partition coefficient (Wildman–Crippen LogP) is 3.99. The van der Waals surface area contributed by atoms with Crippen LogP contribution in [0.2, 0.25) is 0 Å². The highest BCUT2D eigenvalue weighted by molar-refractivity contribution is 14.1. The molecule has 0 spiro atoms. The highest BCUT2D eigenvalue weighted by Crippen LogP contribution is 2.36. The summed E-state index contributed by atoms with van der Waals surface area (Å²) in [4.78, 5) is 2.42. The zero-order chi connectivity index (χ0) is 12.5. The molecular formula is C14H18FIN2. The lowest BCUT2D eigenvalue weighted by molar-refractivity contribution is 0.471. The van der Waals surface area contributed by atoms with Crippen molar-refractivity contribution in [3.8, 4) is 0 Å². The van der Waals surface area contributed by atoms with Crippen molar-refractivity contribution >= 4 is 34.0 Å². The van der Waals surface area contributed by atoms with Crippen LogP contribution in [0.25, 0.3) is 0 Å². The normalized spacial score (nSPS) is 23.4. The summed E-state index contributed by atoms with van der Waals surface area (Å²) in [6, 6.07) is 4.18. The molecule has 4 heteroatoms. The first-order valence-electron chi connectivity index (χ1n) is 6.75. The van der Waals surface area contributed by atoms with E-state index in [1.807, 2.05) is 6.07 Å². The topological polar surface area (TPSA) is 15.3 Å². The van der Waals surface area contributed by atoms with E-state index in [-0.39, 0.29) is 5.82 Å². The zero-order valence-corrected chi connectivity index (χ0v) is 12.5. The van der Waals surface area contributed by atoms with E-state index >= 15 is 0 Å². The van der Waals surface area contributed by atoms with Gasteiger partial charge in [0.25, 0.3) is 0 Å². The lowest BCUT2D eigenvalue weighted by Gasteiger charge is -2.41. The van der Waals surface area contributed by atoms with Gasteiger partial charge < -0.3 is 10.2 Å². The molecule has 1 fully saturated rings. The van der Waals surface area contributed by atoms with Gasteiger partial charge in [-0.25, -0.2) is 4.39 Å². The quantitative estimate of drug-likeness (QED) is 0.704. The number of anilines is 2. The molecule has 0 aromatic heterocycles. The lowest BCUT2D eigenvalue weighted by Crippen LogP contribution is -2.45. The van der Waals surface area contributed by atoms with Crippen molar-refractivity contribution in [3.05, 3.63) is 21.5 Å². The van der Waals surface area contributed by atoms with E-state index in [4.69, 9.17) is 0 Å². The molecular weight excluding hydrogens is 342 g/mol. The van der Waals surface area contributed by atoms with E-state index in [1.54, 1.807) is 6.07 Å². The average Bonchev–Trinajstić information content (AvgIpc) is 2.32. The van der Waals surface area contributed by atoms with Crippen LogP contribution < -0.4 is 10.2 Å². The lowest BCUT2D eigenvalue weighted by atomic mass is 9.98. The summed E-state index contributed by atoms with van der Waals surface area (Å²) >= 11 is 2.06. The second-order valence-corrected chi connectivity index (χ2v) is 6.38. The SMILES string of the molecule is Fc1cc2c(cc1I)NCC1CCCCCCN21. The first kappa shape index (κ1) is 12.5. The van der Waals surface area contributed by atoms with Gasteiger partial charge in [0.05, 0.1) is 14.9 Å². The number of hydrogen-bond donors (Lipinski definition) is 1. The largest absolute Gasteiger partial charge is 0.381 e. The highest BCUT2D eigenvalue weighted by atomic mass is 127. The number of nitrogens with one attached hydrogen (secondary N) is 1. The molecule has 0 saturated carbocycles. The van der Waals surface area contributed by atoms with Crippen LogP contribution in [-0.2, 0) is 0 Å². The Morgan fingerprint density at radius 1 is 1.22 bits per heavy atom. The fourth-order valence-corrected chi connectivity index (χ4v) is 3.49. The standard InChI is InChI=1S/C14H18FIN2/c15-11-7-14-13(8-12(11)16)17-9-10-5-3-1-2-4-6-18(10)14/h7-8,10,17H,1-6,9H2. The Hall–Kier alpha value is -0.520. The number of rotatable bonds is 0. The van der Waals surface area contributed by atoms with Crippen molar-refractivity contribution in [3.63, 3.8) is 0 Å². The van der Waals surface area contributed by atoms with Gasteiger partial charge in [-0.15, -0.1) is 0 Å². The summed E-state index contributed by atoms with van der Waals surface area (Å²) in [6.07, 6.45) is 6.39. The Bertz CT molecular complexity index is 450. The number of fused-ring (bicyclic) bond motifs is 3. The Labute approximate surface area is 121 Å². The van der Waals surface area contributed by atoms with Gasteiger partial charge in [-0.3, -0.25) is 0 Å². The minimum atomic E-state index is -0.0983. The monoisotopic (exact) mass is 360 g/mol. The summed E-state index contributed by atoms with van der Waals surface area (Å²) in [5.74, 6) is -0.0983. The molecule has 0 aliphatic carbocycles. The van der Waals surface area contributed by atoms with Crippen LogP contribution >= 0.6 is 22.6 Å². The maximum Gasteiger partial charge on any atom is 0.138 e. The molecule has 1 atom stereocenters. The van der Waals surface area contributed by atoms with Gasteiger partial charge in [0.1, 0.15) is 5.82 Å². The van der Waals surface area contributed by atoms with Gasteiger partial charge >= 0.3 is 0 Å². The third-order valence-corrected chi connectivity index (χ3v) is 4.83. The number of halogens is 2. The van der Waals surface area contributed by atoms with Crippen LogP contribution in [0, 0.1) is 9.39 Å². The van der Waals surface area contributed by atoms with Crippen LogP contribution in [0.1, 0.15) is 32.1 Å². The summed E-state index contributed by atoms with van der Waals surface area (Å²) in [5.41, 5.74) is 2.16. The Morgan fingerprint density at radius 2 is 2.06 bits per heavy atom. The molecule has 2 heterocycles. The van der Waals surface area contributed by atoms with Gasteiger partial charge in [-0.2, -0.15) is 0 Å². The van der Waals surface area contributed by atoms with Crippen LogP contribution in [0.15, 0.2) is 12.1 Å². The fourth-order valence-electron chi connectivity index (χ4n) is 3.03. The molecule has 2 aliphatic rings. The number of benzene rings is 1. The van der Waals surface area contributed by atoms with Gasteiger partial charge in [0.2, 0.25) is 0 Å². The number of hydrogen-bond acceptors (Lipinski definition) is 2. The Balaban J connectivity index is 1.96. The van der Waals surface area contributed by atoms with Crippen molar-refractivity contribution in [2.24, 2.45) is 0 Å². The summed E-state index contributed by atoms with van der Waals surface area (Å²) < 4.78 is 14.5. The summed E-state index contributed by atoms with van der Waals surface area (Å²) in [6.45, 7) is 2.06. The molecule has 2 nitrogen and oxygen atoms in total. The molecule has 0 bridgehead atoms. The van der Waals surface area contributed by atoms with E-state index < -0.39 is 0 Å². The van der Waals surface area contributed by atoms with E-state index in [1.165, 1.54) is 32.1 Å². The maximum absolute atomic E-state index is 13.8. The summed E-state index contributed by atoms with van der Waals surface area (Å²) in [5, 5.41) is 3.46. The Morgan fingerprint density at radius 3 is 2.94 bits per heavy atom. The molecule has 1 saturated heterocycles. The minimum absolute atomic E-state index is 0.0983. The van der Waals surface area contributed by atoms with Crippen molar-refractivity contribution in [2.45, 2.75) is 38.1 Å². The molecule has 0 radical (unpaired) electrons. The molecule has 18 heavy (non-hydrogen) atoms. The van der Waals surface area contributed by atoms with Gasteiger partial charge in [-0.1, -0.05) is 19.3 Å². The smallest absolute Gasteiger partial charge is 0.138 e. The van der Waals surface area contributed by atoms with E-state index in [9.17, 15) is 4.39 Å².